The monoisotopic (exact) mass is 240 g/mol. The lowest BCUT2D eigenvalue weighted by atomic mass is 9.93. The smallest absolute Gasteiger partial charge is 0.0767 e. The molecular formula is C11H20N4S. The molecule has 1 aliphatic heterocycles. The highest BCUT2D eigenvalue weighted by Crippen LogP contribution is 2.46. The van der Waals surface area contributed by atoms with Crippen LogP contribution in [0, 0.1) is 0 Å². The molecule has 1 aliphatic rings. The van der Waals surface area contributed by atoms with Crippen molar-refractivity contribution in [2.45, 2.75) is 37.5 Å². The second kappa shape index (κ2) is 4.75. The van der Waals surface area contributed by atoms with Crippen molar-refractivity contribution >= 4 is 11.8 Å². The number of thioether (sulfide) groups is 1. The molecule has 5 heteroatoms. The molecule has 0 radical (unpaired) electrons. The highest BCUT2D eigenvalue weighted by molar-refractivity contribution is 8.00. The molecule has 1 N–H and O–H groups in total. The fourth-order valence-electron chi connectivity index (χ4n) is 2.42. The predicted octanol–water partition coefficient (Wildman–Crippen LogP) is 1.75. The van der Waals surface area contributed by atoms with E-state index in [-0.39, 0.29) is 4.75 Å². The van der Waals surface area contributed by atoms with Crippen LogP contribution in [0.15, 0.2) is 6.20 Å². The summed E-state index contributed by atoms with van der Waals surface area (Å²) in [4.78, 5) is 0. The molecule has 0 amide bonds. The van der Waals surface area contributed by atoms with Crippen LogP contribution in [0.25, 0.3) is 0 Å². The summed E-state index contributed by atoms with van der Waals surface area (Å²) < 4.78 is 2.17. The summed E-state index contributed by atoms with van der Waals surface area (Å²) in [5, 5.41) is 11.6. The van der Waals surface area contributed by atoms with Crippen LogP contribution >= 0.6 is 11.8 Å². The first-order chi connectivity index (χ1) is 7.67. The summed E-state index contributed by atoms with van der Waals surface area (Å²) in [6.07, 6.45) is 4.46. The first-order valence-corrected chi connectivity index (χ1v) is 6.88. The number of aromatic nitrogens is 3. The van der Waals surface area contributed by atoms with E-state index >= 15 is 0 Å². The number of hydrogen-bond donors (Lipinski definition) is 1. The predicted molar refractivity (Wildman–Crippen MR) is 67.5 cm³/mol. The van der Waals surface area contributed by atoms with Crippen LogP contribution in [-0.2, 0) is 7.05 Å². The summed E-state index contributed by atoms with van der Waals surface area (Å²) in [7, 11) is 1.97. The van der Waals surface area contributed by atoms with Gasteiger partial charge in [0.2, 0.25) is 0 Å². The fourth-order valence-corrected chi connectivity index (χ4v) is 3.84. The van der Waals surface area contributed by atoms with E-state index < -0.39 is 0 Å². The minimum absolute atomic E-state index is 0.283. The van der Waals surface area contributed by atoms with Crippen molar-refractivity contribution in [2.24, 2.45) is 7.05 Å². The molecule has 0 bridgehead atoms. The SMILES string of the molecule is CCNC(c1cnnn1C)C1(C)CCCS1. The van der Waals surface area contributed by atoms with Crippen LogP contribution in [0.2, 0.25) is 0 Å². The Bertz CT molecular complexity index is 344. The lowest BCUT2D eigenvalue weighted by molar-refractivity contribution is 0.400. The van der Waals surface area contributed by atoms with Crippen molar-refractivity contribution in [3.8, 4) is 0 Å². The zero-order chi connectivity index (χ0) is 11.6. The third kappa shape index (κ3) is 2.11. The standard InChI is InChI=1S/C11H20N4S/c1-4-12-10(9-8-13-14-15(9)3)11(2)6-5-7-16-11/h8,10,12H,4-7H2,1-3H3. The van der Waals surface area contributed by atoms with E-state index in [0.717, 1.165) is 6.54 Å². The van der Waals surface area contributed by atoms with Gasteiger partial charge >= 0.3 is 0 Å². The number of aryl methyl sites for hydroxylation is 1. The zero-order valence-corrected chi connectivity index (χ0v) is 11.0. The van der Waals surface area contributed by atoms with Crippen molar-refractivity contribution in [1.29, 1.82) is 0 Å². The van der Waals surface area contributed by atoms with E-state index in [1.165, 1.54) is 24.3 Å². The second-order valence-corrected chi connectivity index (χ2v) is 6.17. The van der Waals surface area contributed by atoms with Crippen LogP contribution in [0.3, 0.4) is 0 Å². The average molecular weight is 240 g/mol. The van der Waals surface area contributed by atoms with Crippen molar-refractivity contribution in [3.63, 3.8) is 0 Å². The van der Waals surface area contributed by atoms with Crippen LogP contribution in [0.1, 0.15) is 38.4 Å². The number of nitrogens with one attached hydrogen (secondary N) is 1. The summed E-state index contributed by atoms with van der Waals surface area (Å²) in [5.41, 5.74) is 1.19. The van der Waals surface area contributed by atoms with Gasteiger partial charge < -0.3 is 5.32 Å². The summed E-state index contributed by atoms with van der Waals surface area (Å²) >= 11 is 2.07. The third-order valence-electron chi connectivity index (χ3n) is 3.31. The van der Waals surface area contributed by atoms with Gasteiger partial charge in [-0.15, -0.1) is 5.10 Å². The molecule has 1 fully saturated rings. The average Bonchev–Trinajstić information content (AvgIpc) is 2.85. The van der Waals surface area contributed by atoms with E-state index in [9.17, 15) is 0 Å². The normalized spacial score (nSPS) is 27.2. The lowest BCUT2D eigenvalue weighted by Gasteiger charge is -2.33. The van der Waals surface area contributed by atoms with Crippen LogP contribution in [0.4, 0.5) is 0 Å². The number of nitrogens with zero attached hydrogens (tertiary/aromatic N) is 3. The van der Waals surface area contributed by atoms with Crippen LogP contribution in [0.5, 0.6) is 0 Å². The molecule has 2 rings (SSSR count). The van der Waals surface area contributed by atoms with E-state index in [2.05, 4.69) is 41.2 Å². The molecule has 1 aromatic rings. The second-order valence-electron chi connectivity index (χ2n) is 4.54. The number of rotatable bonds is 4. The lowest BCUT2D eigenvalue weighted by Crippen LogP contribution is -2.38. The Hall–Kier alpha value is -0.550. The highest BCUT2D eigenvalue weighted by atomic mass is 32.2. The first-order valence-electron chi connectivity index (χ1n) is 5.89. The maximum absolute atomic E-state index is 4.04. The molecule has 2 heterocycles. The van der Waals surface area contributed by atoms with E-state index in [1.54, 1.807) is 0 Å². The molecule has 0 saturated carbocycles. The molecule has 0 aromatic carbocycles. The molecule has 0 spiro atoms. The quantitative estimate of drug-likeness (QED) is 0.870. The van der Waals surface area contributed by atoms with Gasteiger partial charge in [0.25, 0.3) is 0 Å². The highest BCUT2D eigenvalue weighted by Gasteiger charge is 2.39. The van der Waals surface area contributed by atoms with Crippen molar-refractivity contribution in [3.05, 3.63) is 11.9 Å². The molecule has 1 saturated heterocycles. The Morgan fingerprint density at radius 1 is 1.69 bits per heavy atom. The van der Waals surface area contributed by atoms with Crippen molar-refractivity contribution in [2.75, 3.05) is 12.3 Å². The molecule has 0 aliphatic carbocycles. The van der Waals surface area contributed by atoms with E-state index in [1.807, 2.05) is 17.9 Å². The molecule has 2 atom stereocenters. The van der Waals surface area contributed by atoms with Gasteiger partial charge in [-0.05, 0) is 32.1 Å². The van der Waals surface area contributed by atoms with E-state index in [4.69, 9.17) is 0 Å². The molecular weight excluding hydrogens is 220 g/mol. The van der Waals surface area contributed by atoms with Gasteiger partial charge in [0.05, 0.1) is 17.9 Å². The van der Waals surface area contributed by atoms with Gasteiger partial charge in [0.15, 0.2) is 0 Å². The zero-order valence-electron chi connectivity index (χ0n) is 10.2. The van der Waals surface area contributed by atoms with Gasteiger partial charge in [-0.1, -0.05) is 12.1 Å². The fraction of sp³-hybridized carbons (Fsp3) is 0.818. The Kier molecular flexibility index (Phi) is 3.54. The Morgan fingerprint density at radius 2 is 2.50 bits per heavy atom. The molecule has 90 valence electrons. The van der Waals surface area contributed by atoms with Gasteiger partial charge in [-0.25, -0.2) is 0 Å². The van der Waals surface area contributed by atoms with Gasteiger partial charge in [0, 0.05) is 11.8 Å². The Balaban J connectivity index is 2.26. The molecule has 16 heavy (non-hydrogen) atoms. The first kappa shape index (κ1) is 11.9. The number of hydrogen-bond acceptors (Lipinski definition) is 4. The Morgan fingerprint density at radius 3 is 3.00 bits per heavy atom. The third-order valence-corrected chi connectivity index (χ3v) is 4.91. The van der Waals surface area contributed by atoms with Crippen molar-refractivity contribution in [1.82, 2.24) is 20.3 Å². The van der Waals surface area contributed by atoms with Gasteiger partial charge in [-0.3, -0.25) is 4.68 Å². The Labute approximate surface area is 101 Å². The minimum Gasteiger partial charge on any atom is -0.308 e. The maximum atomic E-state index is 4.04. The van der Waals surface area contributed by atoms with Crippen LogP contribution in [-0.4, -0.2) is 32.0 Å². The van der Waals surface area contributed by atoms with Gasteiger partial charge in [-0.2, -0.15) is 11.8 Å². The van der Waals surface area contributed by atoms with Crippen molar-refractivity contribution < 1.29 is 0 Å². The minimum atomic E-state index is 0.283. The molecule has 2 unspecified atom stereocenters. The summed E-state index contributed by atoms with van der Waals surface area (Å²) in [6, 6.07) is 0.352. The molecule has 1 aromatic heterocycles. The summed E-state index contributed by atoms with van der Waals surface area (Å²) in [6.45, 7) is 5.48. The van der Waals surface area contributed by atoms with Gasteiger partial charge in [0.1, 0.15) is 0 Å². The topological polar surface area (TPSA) is 42.7 Å². The van der Waals surface area contributed by atoms with E-state index in [0.29, 0.717) is 6.04 Å². The van der Waals surface area contributed by atoms with Crippen LogP contribution < -0.4 is 5.32 Å². The summed E-state index contributed by atoms with van der Waals surface area (Å²) in [5.74, 6) is 1.27. The molecule has 4 nitrogen and oxygen atoms in total. The largest absolute Gasteiger partial charge is 0.308 e. The maximum Gasteiger partial charge on any atom is 0.0767 e.